The van der Waals surface area contributed by atoms with Gasteiger partial charge < -0.3 is 24.4 Å². The van der Waals surface area contributed by atoms with Crippen molar-refractivity contribution in [3.63, 3.8) is 0 Å². The lowest BCUT2D eigenvalue weighted by Crippen LogP contribution is -2.59. The number of nitrogens with zero attached hydrogens (tertiary/aromatic N) is 7. The maximum Gasteiger partial charge on any atom is 0.410 e. The van der Waals surface area contributed by atoms with Gasteiger partial charge in [-0.1, -0.05) is 0 Å². The Labute approximate surface area is 263 Å². The monoisotopic (exact) mass is 626 g/mol. The molecular weight excluding hydrogens is 582 g/mol. The molecule has 45 heavy (non-hydrogen) atoms. The molecule has 13 heteroatoms. The number of nitrogens with one attached hydrogen (secondary N) is 1. The summed E-state index contributed by atoms with van der Waals surface area (Å²) in [5, 5.41) is 3.20. The zero-order valence-corrected chi connectivity index (χ0v) is 27.8. The lowest BCUT2D eigenvalue weighted by molar-refractivity contribution is -0.138. The molecule has 2 unspecified atom stereocenters. The van der Waals surface area contributed by atoms with Crippen molar-refractivity contribution in [3.05, 3.63) is 35.8 Å². The number of ether oxygens (including phenoxy) is 1. The van der Waals surface area contributed by atoms with Gasteiger partial charge in [0.25, 0.3) is 0 Å². The van der Waals surface area contributed by atoms with E-state index in [9.17, 15) is 9.59 Å². The van der Waals surface area contributed by atoms with Gasteiger partial charge in [0.2, 0.25) is 11.9 Å². The maximum atomic E-state index is 15.2. The Morgan fingerprint density at radius 3 is 2.47 bits per heavy atom. The van der Waals surface area contributed by atoms with Crippen LogP contribution in [0.4, 0.5) is 19.5 Å². The van der Waals surface area contributed by atoms with E-state index in [1.165, 1.54) is 11.0 Å². The molecule has 0 aliphatic carbocycles. The largest absolute Gasteiger partial charge is 0.444 e. The number of hydrogen-bond acceptors (Lipinski definition) is 8. The highest BCUT2D eigenvalue weighted by atomic mass is 19.1. The molecule has 0 bridgehead atoms. The molecule has 3 aromatic rings. The molecule has 2 aromatic heterocycles. The number of carbonyl (C=O) groups is 2. The van der Waals surface area contributed by atoms with Crippen molar-refractivity contribution in [3.8, 4) is 11.3 Å². The first-order valence-electron chi connectivity index (χ1n) is 15.2. The van der Waals surface area contributed by atoms with Crippen LogP contribution in [-0.2, 0) is 9.53 Å². The van der Waals surface area contributed by atoms with Gasteiger partial charge in [0, 0.05) is 37.7 Å². The van der Waals surface area contributed by atoms with E-state index in [0.717, 1.165) is 6.20 Å². The minimum Gasteiger partial charge on any atom is -0.444 e. The van der Waals surface area contributed by atoms with Crippen molar-refractivity contribution >= 4 is 35.2 Å². The highest BCUT2D eigenvalue weighted by Gasteiger charge is 2.41. The van der Waals surface area contributed by atoms with E-state index in [0.29, 0.717) is 24.3 Å². The number of carbonyl (C=O) groups excluding carboxylic acids is 2. The topological polar surface area (TPSA) is 118 Å². The second-order valence-corrected chi connectivity index (χ2v) is 13.0. The standard InChI is InChI=1S/C32H44F2N8O3/c1-11-36-32(9,19(4)41-13-12-22(16-26(41)43)40(10)30(44)45-31(6,7)8)39-29-35-17-24(34)27(38-29)21-14-23(33)28-25(15-21)42(18(2)3)20(5)37-28/h11,14-15,17-19,22H,12-13,16H2,1-10H3,(H,35,38,39)/b36-11+/t19?,22?,32-/m0/s1. The fourth-order valence-corrected chi connectivity index (χ4v) is 5.79. The van der Waals surface area contributed by atoms with Gasteiger partial charge in [0.1, 0.15) is 28.3 Å². The van der Waals surface area contributed by atoms with Gasteiger partial charge in [0.15, 0.2) is 11.6 Å². The number of benzene rings is 1. The Bertz CT molecular complexity index is 1620. The van der Waals surface area contributed by atoms with Crippen LogP contribution in [0.1, 0.15) is 80.1 Å². The summed E-state index contributed by atoms with van der Waals surface area (Å²) in [4.78, 5) is 46.8. The predicted molar refractivity (Wildman–Crippen MR) is 170 cm³/mol. The van der Waals surface area contributed by atoms with Crippen molar-refractivity contribution in [1.82, 2.24) is 29.3 Å². The first-order valence-corrected chi connectivity index (χ1v) is 15.2. The van der Waals surface area contributed by atoms with Crippen molar-refractivity contribution < 1.29 is 23.1 Å². The summed E-state index contributed by atoms with van der Waals surface area (Å²) in [5.74, 6) is -0.723. The lowest BCUT2D eigenvalue weighted by atomic mass is 9.96. The Balaban J connectivity index is 1.59. The Morgan fingerprint density at radius 1 is 1.18 bits per heavy atom. The van der Waals surface area contributed by atoms with Crippen molar-refractivity contribution in [2.24, 2.45) is 4.99 Å². The molecule has 0 spiro atoms. The van der Waals surface area contributed by atoms with Crippen LogP contribution in [0, 0.1) is 18.6 Å². The lowest BCUT2D eigenvalue weighted by Gasteiger charge is -2.44. The third-order valence-corrected chi connectivity index (χ3v) is 8.17. The molecule has 0 saturated carbocycles. The molecule has 3 heterocycles. The summed E-state index contributed by atoms with van der Waals surface area (Å²) in [5.41, 5.74) is -0.841. The number of hydrogen-bond donors (Lipinski definition) is 1. The number of likely N-dealkylation sites (tertiary alicyclic amines) is 1. The summed E-state index contributed by atoms with van der Waals surface area (Å²) < 4.78 is 37.7. The van der Waals surface area contributed by atoms with E-state index < -0.39 is 35.0 Å². The van der Waals surface area contributed by atoms with Crippen LogP contribution in [0.3, 0.4) is 0 Å². The summed E-state index contributed by atoms with van der Waals surface area (Å²) in [6.07, 6.45) is 2.84. The van der Waals surface area contributed by atoms with Gasteiger partial charge in [-0.25, -0.2) is 28.5 Å². The molecule has 1 aromatic carbocycles. The minimum atomic E-state index is -1.11. The number of piperidine rings is 1. The average molecular weight is 627 g/mol. The van der Waals surface area contributed by atoms with E-state index in [4.69, 9.17) is 4.74 Å². The molecule has 1 N–H and O–H groups in total. The molecule has 244 valence electrons. The first-order chi connectivity index (χ1) is 21.0. The van der Waals surface area contributed by atoms with Crippen LogP contribution in [0.2, 0.25) is 0 Å². The number of amides is 2. The minimum absolute atomic E-state index is 0.0108. The summed E-state index contributed by atoms with van der Waals surface area (Å²) in [6.45, 7) is 16.9. The molecule has 1 fully saturated rings. The maximum absolute atomic E-state index is 15.2. The summed E-state index contributed by atoms with van der Waals surface area (Å²) in [7, 11) is 1.64. The van der Waals surface area contributed by atoms with Gasteiger partial charge in [-0.05, 0) is 87.1 Å². The zero-order chi connectivity index (χ0) is 33.4. The van der Waals surface area contributed by atoms with E-state index in [2.05, 4.69) is 25.3 Å². The summed E-state index contributed by atoms with van der Waals surface area (Å²) in [6, 6.07) is 2.12. The van der Waals surface area contributed by atoms with Crippen molar-refractivity contribution in [1.29, 1.82) is 0 Å². The Hall–Kier alpha value is -4.16. The molecule has 0 radical (unpaired) electrons. The van der Waals surface area contributed by atoms with Crippen LogP contribution in [0.5, 0.6) is 0 Å². The second-order valence-electron chi connectivity index (χ2n) is 13.0. The first kappa shape index (κ1) is 33.7. The van der Waals surface area contributed by atoms with E-state index in [-0.39, 0.29) is 47.1 Å². The predicted octanol–water partition coefficient (Wildman–Crippen LogP) is 6.13. The smallest absolute Gasteiger partial charge is 0.410 e. The number of fused-ring (bicyclic) bond motifs is 1. The van der Waals surface area contributed by atoms with Gasteiger partial charge in [-0.3, -0.25) is 9.79 Å². The average Bonchev–Trinajstić information content (AvgIpc) is 3.29. The number of imidazole rings is 1. The van der Waals surface area contributed by atoms with Gasteiger partial charge >= 0.3 is 6.09 Å². The van der Waals surface area contributed by atoms with Gasteiger partial charge in [-0.15, -0.1) is 0 Å². The number of aromatic nitrogens is 4. The molecule has 4 rings (SSSR count). The Morgan fingerprint density at radius 2 is 1.87 bits per heavy atom. The van der Waals surface area contributed by atoms with Crippen LogP contribution >= 0.6 is 0 Å². The SMILES string of the molecule is C/C=N/[C@@](C)(Nc1ncc(F)c(-c2cc(F)c3nc(C)n(C(C)C)c3c2)n1)C(C)N1CCC(N(C)C(=O)OC(C)(C)C)CC1=O. The third-order valence-electron chi connectivity index (χ3n) is 8.17. The summed E-state index contributed by atoms with van der Waals surface area (Å²) >= 11 is 0. The molecule has 1 aliphatic rings. The fourth-order valence-electron chi connectivity index (χ4n) is 5.79. The van der Waals surface area contributed by atoms with E-state index in [1.54, 1.807) is 65.8 Å². The van der Waals surface area contributed by atoms with Gasteiger partial charge in [0.05, 0.1) is 17.8 Å². The van der Waals surface area contributed by atoms with E-state index in [1.807, 2.05) is 25.3 Å². The number of halogens is 2. The quantitative estimate of drug-likeness (QED) is 0.299. The van der Waals surface area contributed by atoms with Crippen LogP contribution < -0.4 is 5.32 Å². The Kier molecular flexibility index (Phi) is 9.51. The van der Waals surface area contributed by atoms with Gasteiger partial charge in [-0.2, -0.15) is 0 Å². The molecule has 3 atom stereocenters. The highest BCUT2D eigenvalue weighted by Crippen LogP contribution is 2.32. The number of anilines is 1. The van der Waals surface area contributed by atoms with Crippen molar-refractivity contribution in [2.75, 3.05) is 18.9 Å². The molecular formula is C32H44F2N8O3. The molecule has 1 saturated heterocycles. The highest BCUT2D eigenvalue weighted by molar-refractivity contribution is 5.83. The fraction of sp³-hybridized carbons (Fsp3) is 0.562. The van der Waals surface area contributed by atoms with Crippen molar-refractivity contribution in [2.45, 2.75) is 105 Å². The van der Waals surface area contributed by atoms with Crippen LogP contribution in [0.15, 0.2) is 23.3 Å². The molecule has 1 aliphatic heterocycles. The molecule has 11 nitrogen and oxygen atoms in total. The number of aryl methyl sites for hydroxylation is 1. The second kappa shape index (κ2) is 12.7. The van der Waals surface area contributed by atoms with Crippen LogP contribution in [0.25, 0.3) is 22.3 Å². The molecule has 2 amide bonds. The van der Waals surface area contributed by atoms with E-state index >= 15 is 8.78 Å². The normalized spacial score (nSPS) is 18.0. The zero-order valence-electron chi connectivity index (χ0n) is 27.8. The number of aliphatic imine (C=N–C) groups is 1. The van der Waals surface area contributed by atoms with Crippen LogP contribution in [-0.4, -0.2) is 84.5 Å². The number of rotatable bonds is 8. The third kappa shape index (κ3) is 7.07.